The topological polar surface area (TPSA) is 55.8 Å². The largest absolute Gasteiger partial charge is 0.490 e. The van der Waals surface area contributed by atoms with Gasteiger partial charge in [0.25, 0.3) is 0 Å². The van der Waals surface area contributed by atoms with Gasteiger partial charge in [-0.1, -0.05) is 30.3 Å². The van der Waals surface area contributed by atoms with Crippen LogP contribution in [-0.4, -0.2) is 18.3 Å². The molecule has 0 radical (unpaired) electrons. The summed E-state index contributed by atoms with van der Waals surface area (Å²) in [4.78, 5) is 14.4. The molecule has 0 aliphatic heterocycles. The van der Waals surface area contributed by atoms with E-state index in [9.17, 15) is 4.79 Å². The molecule has 0 atom stereocenters. The van der Waals surface area contributed by atoms with Crippen LogP contribution in [0.5, 0.6) is 0 Å². The van der Waals surface area contributed by atoms with Crippen molar-refractivity contribution >= 4 is 12.0 Å². The molecule has 0 spiro atoms. The van der Waals surface area contributed by atoms with E-state index in [1.807, 2.05) is 18.2 Å². The molecular weight excluding hydrogens is 184 g/mol. The fraction of sp³-hybridized carbons (Fsp3) is 0.100. The Morgan fingerprint density at radius 2 is 2.00 bits per heavy atom. The summed E-state index contributed by atoms with van der Waals surface area (Å²) in [5, 5.41) is 8.14. The van der Waals surface area contributed by atoms with E-state index in [1.165, 1.54) is 13.2 Å². The summed E-state index contributed by atoms with van der Waals surface area (Å²) in [5.41, 5.74) is 0.787. The standard InChI is InChI=1S/C10H10O4/c1-13-9(10(11)14-12)7-8-5-3-2-4-6-8/h2-7,12H,1H3. The molecule has 4 heteroatoms. The van der Waals surface area contributed by atoms with E-state index < -0.39 is 5.97 Å². The zero-order valence-electron chi connectivity index (χ0n) is 7.64. The second kappa shape index (κ2) is 5.04. The van der Waals surface area contributed by atoms with Crippen molar-refractivity contribution in [2.24, 2.45) is 0 Å². The van der Waals surface area contributed by atoms with Crippen LogP contribution < -0.4 is 0 Å². The van der Waals surface area contributed by atoms with E-state index in [4.69, 9.17) is 9.99 Å². The van der Waals surface area contributed by atoms with Gasteiger partial charge in [-0.2, -0.15) is 5.26 Å². The van der Waals surface area contributed by atoms with Gasteiger partial charge < -0.3 is 4.74 Å². The monoisotopic (exact) mass is 194 g/mol. The molecule has 0 amide bonds. The maximum atomic E-state index is 10.9. The van der Waals surface area contributed by atoms with E-state index in [-0.39, 0.29) is 5.76 Å². The van der Waals surface area contributed by atoms with Crippen LogP contribution in [0.4, 0.5) is 0 Å². The summed E-state index contributed by atoms with van der Waals surface area (Å²) in [5.74, 6) is -0.977. The molecule has 74 valence electrons. The molecule has 0 heterocycles. The Morgan fingerprint density at radius 3 is 2.50 bits per heavy atom. The molecule has 0 bridgehead atoms. The fourth-order valence-corrected chi connectivity index (χ4v) is 0.947. The van der Waals surface area contributed by atoms with E-state index in [2.05, 4.69) is 4.89 Å². The average molecular weight is 194 g/mol. The molecular formula is C10H10O4. The number of methoxy groups -OCH3 is 1. The maximum Gasteiger partial charge on any atom is 0.407 e. The Balaban J connectivity index is 2.89. The van der Waals surface area contributed by atoms with Crippen molar-refractivity contribution in [1.82, 2.24) is 0 Å². The van der Waals surface area contributed by atoms with Crippen LogP contribution in [0.25, 0.3) is 6.08 Å². The van der Waals surface area contributed by atoms with E-state index >= 15 is 0 Å². The summed E-state index contributed by atoms with van der Waals surface area (Å²) in [6.07, 6.45) is 1.47. The molecule has 0 saturated heterocycles. The van der Waals surface area contributed by atoms with Crippen molar-refractivity contribution in [3.8, 4) is 0 Å². The quantitative estimate of drug-likeness (QED) is 0.344. The first kappa shape index (κ1) is 10.3. The third-order valence-corrected chi connectivity index (χ3v) is 1.60. The second-order valence-corrected chi connectivity index (χ2v) is 2.50. The van der Waals surface area contributed by atoms with Crippen LogP contribution in [-0.2, 0) is 14.4 Å². The SMILES string of the molecule is COC(=Cc1ccccc1)C(=O)OO. The number of carbonyl (C=O) groups excluding carboxylic acids is 1. The molecule has 0 aliphatic rings. The predicted molar refractivity (Wildman–Crippen MR) is 50.1 cm³/mol. The fourth-order valence-electron chi connectivity index (χ4n) is 0.947. The van der Waals surface area contributed by atoms with Crippen molar-refractivity contribution < 1.29 is 19.7 Å². The number of ether oxygens (including phenoxy) is 1. The van der Waals surface area contributed by atoms with E-state index in [1.54, 1.807) is 12.1 Å². The number of carbonyl (C=O) groups is 1. The molecule has 1 N–H and O–H groups in total. The molecule has 0 aliphatic carbocycles. The number of hydrogen-bond donors (Lipinski definition) is 1. The highest BCUT2D eigenvalue weighted by Crippen LogP contribution is 2.07. The zero-order chi connectivity index (χ0) is 10.4. The first-order chi connectivity index (χ1) is 6.77. The smallest absolute Gasteiger partial charge is 0.407 e. The van der Waals surface area contributed by atoms with Gasteiger partial charge in [-0.15, -0.1) is 0 Å². The highest BCUT2D eigenvalue weighted by atomic mass is 17.1. The molecule has 0 saturated carbocycles. The van der Waals surface area contributed by atoms with Crippen LogP contribution in [0.15, 0.2) is 36.1 Å². The van der Waals surface area contributed by atoms with Crippen molar-refractivity contribution in [3.63, 3.8) is 0 Å². The first-order valence-corrected chi connectivity index (χ1v) is 3.94. The summed E-state index contributed by atoms with van der Waals surface area (Å²) >= 11 is 0. The van der Waals surface area contributed by atoms with Gasteiger partial charge in [0, 0.05) is 0 Å². The van der Waals surface area contributed by atoms with Crippen molar-refractivity contribution in [1.29, 1.82) is 0 Å². The summed E-state index contributed by atoms with van der Waals surface area (Å²) in [6.45, 7) is 0. The van der Waals surface area contributed by atoms with E-state index in [0.717, 1.165) is 5.56 Å². The number of rotatable bonds is 3. The Hall–Kier alpha value is -1.81. The van der Waals surface area contributed by atoms with Crippen molar-refractivity contribution in [2.45, 2.75) is 0 Å². The molecule has 0 aromatic heterocycles. The summed E-state index contributed by atoms with van der Waals surface area (Å²) in [7, 11) is 1.33. The van der Waals surface area contributed by atoms with Crippen LogP contribution in [0.2, 0.25) is 0 Å². The lowest BCUT2D eigenvalue weighted by Crippen LogP contribution is -2.06. The minimum absolute atomic E-state index is 0.0568. The zero-order valence-corrected chi connectivity index (χ0v) is 7.64. The lowest BCUT2D eigenvalue weighted by Gasteiger charge is -2.01. The van der Waals surface area contributed by atoms with E-state index in [0.29, 0.717) is 0 Å². The predicted octanol–water partition coefficient (Wildman–Crippen LogP) is 1.69. The van der Waals surface area contributed by atoms with Crippen LogP contribution in [0.3, 0.4) is 0 Å². The van der Waals surface area contributed by atoms with Gasteiger partial charge in [0.15, 0.2) is 0 Å². The maximum absolute atomic E-state index is 10.9. The van der Waals surface area contributed by atoms with Crippen molar-refractivity contribution in [2.75, 3.05) is 7.11 Å². The van der Waals surface area contributed by atoms with Crippen molar-refractivity contribution in [3.05, 3.63) is 41.7 Å². The average Bonchev–Trinajstić information content (AvgIpc) is 2.26. The molecule has 4 nitrogen and oxygen atoms in total. The van der Waals surface area contributed by atoms with Gasteiger partial charge in [0.05, 0.1) is 7.11 Å². The molecule has 14 heavy (non-hydrogen) atoms. The van der Waals surface area contributed by atoms with Gasteiger partial charge in [-0.05, 0) is 11.6 Å². The van der Waals surface area contributed by atoms with Gasteiger partial charge in [-0.25, -0.2) is 4.79 Å². The second-order valence-electron chi connectivity index (χ2n) is 2.50. The Labute approximate surface area is 81.3 Å². The third kappa shape index (κ3) is 2.60. The number of hydrogen-bond acceptors (Lipinski definition) is 4. The van der Waals surface area contributed by atoms with Gasteiger partial charge in [-0.3, -0.25) is 4.89 Å². The van der Waals surface area contributed by atoms with Gasteiger partial charge >= 0.3 is 5.97 Å². The normalized spacial score (nSPS) is 10.9. The van der Waals surface area contributed by atoms with Crippen LogP contribution >= 0.6 is 0 Å². The molecule has 0 unspecified atom stereocenters. The Kier molecular flexibility index (Phi) is 3.69. The molecule has 0 fully saturated rings. The highest BCUT2D eigenvalue weighted by Gasteiger charge is 2.10. The van der Waals surface area contributed by atoms with Crippen LogP contribution in [0, 0.1) is 0 Å². The third-order valence-electron chi connectivity index (χ3n) is 1.60. The highest BCUT2D eigenvalue weighted by molar-refractivity contribution is 5.90. The molecule has 1 aromatic carbocycles. The molecule has 1 aromatic rings. The molecule has 1 rings (SSSR count). The number of benzene rings is 1. The minimum Gasteiger partial charge on any atom is -0.490 e. The summed E-state index contributed by atoms with van der Waals surface area (Å²) < 4.78 is 4.73. The first-order valence-electron chi connectivity index (χ1n) is 3.94. The minimum atomic E-state index is -0.920. The van der Waals surface area contributed by atoms with Crippen LogP contribution in [0.1, 0.15) is 5.56 Å². The van der Waals surface area contributed by atoms with Gasteiger partial charge in [0.1, 0.15) is 0 Å². The Morgan fingerprint density at radius 1 is 1.36 bits per heavy atom. The Bertz CT molecular complexity index is 329. The lowest BCUT2D eigenvalue weighted by atomic mass is 10.2. The van der Waals surface area contributed by atoms with Gasteiger partial charge in [0.2, 0.25) is 5.76 Å². The lowest BCUT2D eigenvalue weighted by molar-refractivity contribution is -0.232. The summed E-state index contributed by atoms with van der Waals surface area (Å²) in [6, 6.07) is 9.09.